The molecular weight excluding hydrogens is 340 g/mol. The van der Waals surface area contributed by atoms with Crippen LogP contribution in [0.1, 0.15) is 50.4 Å². The lowest BCUT2D eigenvalue weighted by Crippen LogP contribution is -2.37. The molecule has 6 nitrogen and oxygen atoms in total. The van der Waals surface area contributed by atoms with E-state index in [1.54, 1.807) is 12.1 Å². The number of amides is 1. The van der Waals surface area contributed by atoms with Crippen LogP contribution in [0.25, 0.3) is 0 Å². The van der Waals surface area contributed by atoms with Gasteiger partial charge in [-0.05, 0) is 42.9 Å². The molecule has 25 heavy (non-hydrogen) atoms. The number of nitrogens with zero attached hydrogens (tertiary/aromatic N) is 2. The van der Waals surface area contributed by atoms with Crippen LogP contribution in [0.3, 0.4) is 0 Å². The molecule has 2 rings (SSSR count). The van der Waals surface area contributed by atoms with Crippen LogP contribution in [0, 0.1) is 5.41 Å². The van der Waals surface area contributed by atoms with Gasteiger partial charge in [0.15, 0.2) is 0 Å². The van der Waals surface area contributed by atoms with Gasteiger partial charge in [-0.25, -0.2) is 8.42 Å². The minimum Gasteiger partial charge on any atom is -0.336 e. The molecule has 1 unspecified atom stereocenters. The third kappa shape index (κ3) is 4.59. The lowest BCUT2D eigenvalue weighted by Gasteiger charge is -2.30. The summed E-state index contributed by atoms with van der Waals surface area (Å²) in [5.74, 6) is -0.108. The zero-order chi connectivity index (χ0) is 18.8. The van der Waals surface area contributed by atoms with Gasteiger partial charge in [-0.2, -0.15) is 0 Å². The first-order valence-corrected chi connectivity index (χ1v) is 9.94. The fourth-order valence-corrected chi connectivity index (χ4v) is 4.24. The van der Waals surface area contributed by atoms with Crippen molar-refractivity contribution in [1.82, 2.24) is 9.37 Å². The highest BCUT2D eigenvalue weighted by atomic mass is 32.2. The molecule has 0 aliphatic carbocycles. The second-order valence-electron chi connectivity index (χ2n) is 7.68. The van der Waals surface area contributed by atoms with Gasteiger partial charge >= 0.3 is 0 Å². The number of hydrogen-bond donors (Lipinski definition) is 0. The molecule has 1 atom stereocenters. The van der Waals surface area contributed by atoms with Gasteiger partial charge in [-0.3, -0.25) is 9.63 Å². The van der Waals surface area contributed by atoms with E-state index in [1.807, 2.05) is 4.90 Å². The Labute approximate surface area is 150 Å². The van der Waals surface area contributed by atoms with Gasteiger partial charge in [-0.15, -0.1) is 0 Å². The molecule has 0 spiro atoms. The fraction of sp³-hybridized carbons (Fsp3) is 0.611. The standard InChI is InChI=1S/C18H28N2O4S/c1-18(2,3)13-15-9-7-11-20(15)17(21)14-8-6-10-16(12-14)25(22,23)19(4)24-5/h6,8,10,12,15H,7,9,11,13H2,1-5H3. The van der Waals surface area contributed by atoms with Gasteiger partial charge in [-0.1, -0.05) is 31.3 Å². The summed E-state index contributed by atoms with van der Waals surface area (Å²) >= 11 is 0. The number of carbonyl (C=O) groups is 1. The summed E-state index contributed by atoms with van der Waals surface area (Å²) in [4.78, 5) is 19.7. The summed E-state index contributed by atoms with van der Waals surface area (Å²) in [5.41, 5.74) is 0.534. The van der Waals surface area contributed by atoms with Crippen molar-refractivity contribution in [2.24, 2.45) is 5.41 Å². The number of hydroxylamine groups is 1. The zero-order valence-corrected chi connectivity index (χ0v) is 16.5. The summed E-state index contributed by atoms with van der Waals surface area (Å²) in [7, 11) is -1.16. The Morgan fingerprint density at radius 3 is 2.64 bits per heavy atom. The van der Waals surface area contributed by atoms with Crippen molar-refractivity contribution in [1.29, 1.82) is 0 Å². The molecular formula is C18H28N2O4S. The molecule has 0 aromatic heterocycles. The highest BCUT2D eigenvalue weighted by Crippen LogP contribution is 2.31. The SMILES string of the molecule is CON(C)S(=O)(=O)c1cccc(C(=O)N2CCCC2CC(C)(C)C)c1. The van der Waals surface area contributed by atoms with Gasteiger partial charge in [0.2, 0.25) is 0 Å². The van der Waals surface area contributed by atoms with Crippen LogP contribution in [0.5, 0.6) is 0 Å². The molecule has 140 valence electrons. The van der Waals surface area contributed by atoms with Gasteiger partial charge in [0.25, 0.3) is 15.9 Å². The van der Waals surface area contributed by atoms with E-state index < -0.39 is 10.0 Å². The van der Waals surface area contributed by atoms with E-state index in [0.29, 0.717) is 12.1 Å². The first kappa shape index (κ1) is 19.9. The summed E-state index contributed by atoms with van der Waals surface area (Å²) in [6.07, 6.45) is 2.91. The molecule has 1 aliphatic rings. The Bertz CT molecular complexity index is 725. The lowest BCUT2D eigenvalue weighted by molar-refractivity contribution is -0.0258. The van der Waals surface area contributed by atoms with Gasteiger partial charge in [0.1, 0.15) is 0 Å². The molecule has 1 amide bonds. The van der Waals surface area contributed by atoms with Crippen LogP contribution < -0.4 is 0 Å². The molecule has 1 aromatic carbocycles. The number of sulfonamides is 1. The predicted molar refractivity (Wildman–Crippen MR) is 96.5 cm³/mol. The minimum atomic E-state index is -3.77. The molecule has 1 saturated heterocycles. The summed E-state index contributed by atoms with van der Waals surface area (Å²) in [6, 6.07) is 6.37. The van der Waals surface area contributed by atoms with E-state index in [-0.39, 0.29) is 22.3 Å². The average molecular weight is 368 g/mol. The van der Waals surface area contributed by atoms with E-state index >= 15 is 0 Å². The van der Waals surface area contributed by atoms with Crippen molar-refractivity contribution in [3.63, 3.8) is 0 Å². The second kappa shape index (κ2) is 7.43. The highest BCUT2D eigenvalue weighted by molar-refractivity contribution is 7.89. The highest BCUT2D eigenvalue weighted by Gasteiger charge is 2.32. The van der Waals surface area contributed by atoms with Crippen molar-refractivity contribution in [3.05, 3.63) is 29.8 Å². The Hall–Kier alpha value is -1.44. The topological polar surface area (TPSA) is 66.9 Å². The normalized spacial score (nSPS) is 18.8. The second-order valence-corrected chi connectivity index (χ2v) is 9.62. The van der Waals surface area contributed by atoms with E-state index in [4.69, 9.17) is 4.84 Å². The van der Waals surface area contributed by atoms with Gasteiger partial charge < -0.3 is 4.90 Å². The van der Waals surface area contributed by atoms with Crippen LogP contribution in [0.15, 0.2) is 29.2 Å². The molecule has 0 saturated carbocycles. The molecule has 1 heterocycles. The quantitative estimate of drug-likeness (QED) is 0.750. The number of hydrogen-bond acceptors (Lipinski definition) is 4. The van der Waals surface area contributed by atoms with Crippen molar-refractivity contribution < 1.29 is 18.0 Å². The number of rotatable bonds is 5. The number of likely N-dealkylation sites (tertiary alicyclic amines) is 1. The third-order valence-electron chi connectivity index (χ3n) is 4.46. The largest absolute Gasteiger partial charge is 0.336 e. The van der Waals surface area contributed by atoms with E-state index in [1.165, 1.54) is 26.3 Å². The minimum absolute atomic E-state index is 0.0502. The van der Waals surface area contributed by atoms with Crippen LogP contribution in [-0.4, -0.2) is 50.4 Å². The molecule has 7 heteroatoms. The summed E-state index contributed by atoms with van der Waals surface area (Å²) in [5, 5.41) is 0. The van der Waals surface area contributed by atoms with Gasteiger partial charge in [0, 0.05) is 25.2 Å². The lowest BCUT2D eigenvalue weighted by atomic mass is 9.87. The smallest absolute Gasteiger partial charge is 0.264 e. The first-order valence-electron chi connectivity index (χ1n) is 8.50. The van der Waals surface area contributed by atoms with Crippen molar-refractivity contribution >= 4 is 15.9 Å². The third-order valence-corrected chi connectivity index (χ3v) is 6.14. The molecule has 0 N–H and O–H groups in total. The Morgan fingerprint density at radius 1 is 1.36 bits per heavy atom. The van der Waals surface area contributed by atoms with Gasteiger partial charge in [0.05, 0.1) is 12.0 Å². The van der Waals surface area contributed by atoms with Crippen LogP contribution in [-0.2, 0) is 14.9 Å². The maximum Gasteiger partial charge on any atom is 0.264 e. The van der Waals surface area contributed by atoms with Crippen LogP contribution >= 0.6 is 0 Å². The number of benzene rings is 1. The van der Waals surface area contributed by atoms with Crippen molar-refractivity contribution in [2.75, 3.05) is 20.7 Å². The molecule has 0 radical (unpaired) electrons. The summed E-state index contributed by atoms with van der Waals surface area (Å²) in [6.45, 7) is 7.22. The zero-order valence-electron chi connectivity index (χ0n) is 15.7. The maximum atomic E-state index is 12.9. The first-order chi connectivity index (χ1) is 11.6. The van der Waals surface area contributed by atoms with Crippen LogP contribution in [0.4, 0.5) is 0 Å². The van der Waals surface area contributed by atoms with E-state index in [0.717, 1.165) is 23.7 Å². The van der Waals surface area contributed by atoms with Crippen molar-refractivity contribution in [2.45, 2.75) is 51.0 Å². The Kier molecular flexibility index (Phi) is 5.91. The fourth-order valence-electron chi connectivity index (χ4n) is 3.22. The molecule has 0 bridgehead atoms. The number of carbonyl (C=O) groups excluding carboxylic acids is 1. The predicted octanol–water partition coefficient (Wildman–Crippen LogP) is 2.91. The average Bonchev–Trinajstić information content (AvgIpc) is 2.99. The molecule has 1 aliphatic heterocycles. The Balaban J connectivity index is 2.27. The molecule has 1 aromatic rings. The molecule has 1 fully saturated rings. The van der Waals surface area contributed by atoms with E-state index in [2.05, 4.69) is 20.8 Å². The van der Waals surface area contributed by atoms with E-state index in [9.17, 15) is 13.2 Å². The maximum absolute atomic E-state index is 12.9. The Morgan fingerprint density at radius 2 is 2.04 bits per heavy atom. The van der Waals surface area contributed by atoms with Crippen LogP contribution in [0.2, 0.25) is 0 Å². The summed E-state index contributed by atoms with van der Waals surface area (Å²) < 4.78 is 25.6. The monoisotopic (exact) mass is 368 g/mol. The van der Waals surface area contributed by atoms with Crippen molar-refractivity contribution in [3.8, 4) is 0 Å².